The van der Waals surface area contributed by atoms with E-state index >= 15 is 0 Å². The van der Waals surface area contributed by atoms with Crippen molar-refractivity contribution in [3.05, 3.63) is 106 Å². The normalized spacial score (nSPS) is 21.0. The molecule has 62 heavy (non-hydrogen) atoms. The third-order valence-corrected chi connectivity index (χ3v) is 14.2. The van der Waals surface area contributed by atoms with E-state index in [4.69, 9.17) is 32.7 Å². The third-order valence-electron chi connectivity index (χ3n) is 12.4. The molecule has 3 aromatic carbocycles. The highest BCUT2D eigenvalue weighted by Gasteiger charge is 2.32. The summed E-state index contributed by atoms with van der Waals surface area (Å²) in [6.07, 6.45) is 8.61. The Morgan fingerprint density at radius 3 is 2.44 bits per heavy atom. The first-order chi connectivity index (χ1) is 29.5. The molecule has 0 bridgehead atoms. The number of fused-ring (bicyclic) bond motifs is 1. The molecule has 12 nitrogen and oxygen atoms in total. The van der Waals surface area contributed by atoms with Crippen LogP contribution < -0.4 is 19.1 Å². The zero-order chi connectivity index (χ0) is 43.8. The molecule has 5 aromatic rings. The van der Waals surface area contributed by atoms with E-state index in [1.807, 2.05) is 19.1 Å². The second-order valence-electron chi connectivity index (χ2n) is 17.9. The minimum absolute atomic E-state index is 0.0254. The van der Waals surface area contributed by atoms with Crippen molar-refractivity contribution in [2.24, 2.45) is 11.3 Å². The summed E-state index contributed by atoms with van der Waals surface area (Å²) in [7, 11) is -4.48. The molecule has 0 spiro atoms. The maximum Gasteiger partial charge on any atom is 0.268 e. The van der Waals surface area contributed by atoms with E-state index in [1.54, 1.807) is 12.1 Å². The number of ether oxygens (including phenoxy) is 2. The Balaban J connectivity index is 0.993. The van der Waals surface area contributed by atoms with Crippen molar-refractivity contribution >= 4 is 61.3 Å². The number of halogens is 3. The van der Waals surface area contributed by atoms with Crippen LogP contribution in [0.2, 0.25) is 10.0 Å². The number of nitrogens with one attached hydrogen (secondary N) is 2. The molecule has 0 radical (unpaired) electrons. The van der Waals surface area contributed by atoms with Gasteiger partial charge in [0.15, 0.2) is 0 Å². The largest absolute Gasteiger partial charge is 0.476 e. The first kappa shape index (κ1) is 43.9. The Kier molecular flexibility index (Phi) is 12.6. The number of nitrogens with zero attached hydrogens (tertiary/aromatic N) is 4. The summed E-state index contributed by atoms with van der Waals surface area (Å²) in [6, 6.07) is 16.7. The number of carbonyl (C=O) groups is 1. The van der Waals surface area contributed by atoms with Gasteiger partial charge in [0.25, 0.3) is 15.9 Å². The quantitative estimate of drug-likeness (QED) is 0.111. The Morgan fingerprint density at radius 1 is 0.968 bits per heavy atom. The maximum absolute atomic E-state index is 14.8. The molecule has 1 aliphatic heterocycles. The molecular weight excluding hydrogens is 855 g/mol. The number of anilines is 1. The Bertz CT molecular complexity index is 2600. The van der Waals surface area contributed by atoms with Crippen molar-refractivity contribution in [3.8, 4) is 17.4 Å². The second-order valence-corrected chi connectivity index (χ2v) is 20.4. The Labute approximate surface area is 371 Å². The van der Waals surface area contributed by atoms with Gasteiger partial charge in [0.1, 0.15) is 27.2 Å². The van der Waals surface area contributed by atoms with E-state index in [0.29, 0.717) is 43.4 Å². The fraction of sp³-hybridized carbons (Fsp3) is 0.413. The maximum atomic E-state index is 14.8. The van der Waals surface area contributed by atoms with Gasteiger partial charge in [-0.15, -0.1) is 0 Å². The molecule has 2 aliphatic carbocycles. The summed E-state index contributed by atoms with van der Waals surface area (Å²) >= 11 is 12.7. The highest BCUT2D eigenvalue weighted by Crippen LogP contribution is 2.44. The Hall–Kier alpha value is -4.73. The molecule has 328 valence electrons. The van der Waals surface area contributed by atoms with E-state index in [-0.39, 0.29) is 44.2 Å². The van der Waals surface area contributed by atoms with Crippen LogP contribution >= 0.6 is 23.2 Å². The lowest BCUT2D eigenvalue weighted by molar-refractivity contribution is 0.00127. The molecule has 0 atom stereocenters. The monoisotopic (exact) mass is 904 g/mol. The number of benzene rings is 3. The SMILES string of the molecule is CC1(C)CCC(CN2CCN(c3ccc(C(=O)NS(=O)(=O)c4cnc(OC[C@H]5CC[C@](C)(O)CC5)c(Cl)c4)c(Oc4cc(F)cc5[nH]ncc45)c3)CC2)=C(c2ccc(Cl)cc2)C1. The lowest BCUT2D eigenvalue weighted by atomic mass is 9.72. The number of aliphatic hydroxyl groups is 1. The van der Waals surface area contributed by atoms with Crippen LogP contribution in [0.1, 0.15) is 81.6 Å². The number of pyridine rings is 1. The predicted octanol–water partition coefficient (Wildman–Crippen LogP) is 9.42. The summed E-state index contributed by atoms with van der Waals surface area (Å²) in [4.78, 5) is 22.4. The predicted molar refractivity (Wildman–Crippen MR) is 239 cm³/mol. The fourth-order valence-electron chi connectivity index (χ4n) is 8.63. The minimum atomic E-state index is -4.48. The molecule has 1 saturated carbocycles. The van der Waals surface area contributed by atoms with Gasteiger partial charge >= 0.3 is 0 Å². The van der Waals surface area contributed by atoms with E-state index in [2.05, 4.69) is 55.7 Å². The summed E-state index contributed by atoms with van der Waals surface area (Å²) in [6.45, 7) is 10.6. The molecular formula is C46H51Cl2FN6O6S. The molecule has 3 N–H and O–H groups in total. The first-order valence-electron chi connectivity index (χ1n) is 21.0. The fourth-order valence-corrected chi connectivity index (χ4v) is 9.97. The van der Waals surface area contributed by atoms with E-state index in [0.717, 1.165) is 68.6 Å². The van der Waals surface area contributed by atoms with Crippen LogP contribution in [-0.4, -0.2) is 84.4 Å². The number of H-pyrrole nitrogens is 1. The lowest BCUT2D eigenvalue weighted by Gasteiger charge is -2.39. The van der Waals surface area contributed by atoms with E-state index < -0.39 is 27.3 Å². The number of piperazine rings is 1. The molecule has 1 amide bonds. The van der Waals surface area contributed by atoms with Gasteiger partial charge in [-0.3, -0.25) is 14.8 Å². The number of allylic oxidation sites excluding steroid dienone is 1. The molecule has 3 aliphatic rings. The van der Waals surface area contributed by atoms with Gasteiger partial charge in [0, 0.05) is 55.6 Å². The number of amides is 1. The number of rotatable bonds is 12. The molecule has 3 heterocycles. The second kappa shape index (κ2) is 17.8. The van der Waals surface area contributed by atoms with Crippen LogP contribution in [0, 0.1) is 17.2 Å². The number of aromatic amines is 1. The van der Waals surface area contributed by atoms with Crippen molar-refractivity contribution in [1.82, 2.24) is 24.8 Å². The first-order valence-corrected chi connectivity index (χ1v) is 23.2. The smallest absolute Gasteiger partial charge is 0.268 e. The van der Waals surface area contributed by atoms with Crippen molar-refractivity contribution in [2.75, 3.05) is 44.2 Å². The van der Waals surface area contributed by atoms with Crippen LogP contribution in [0.15, 0.2) is 83.5 Å². The molecule has 8 rings (SSSR count). The summed E-state index contributed by atoms with van der Waals surface area (Å²) in [5.41, 5.74) is 4.65. The zero-order valence-corrected chi connectivity index (χ0v) is 37.3. The number of hydrogen-bond acceptors (Lipinski definition) is 10. The average Bonchev–Trinajstić information content (AvgIpc) is 3.71. The van der Waals surface area contributed by atoms with E-state index in [1.165, 1.54) is 47.2 Å². The van der Waals surface area contributed by atoms with Crippen LogP contribution in [0.25, 0.3) is 16.5 Å². The molecule has 0 unspecified atom stereocenters. The number of carbonyl (C=O) groups excluding carboxylic acids is 1. The average molecular weight is 906 g/mol. The standard InChI is InChI=1S/C46H51Cl2FN6O6S/c1-45(2)13-12-31(37(24-45)30-4-6-32(47)7-5-30)27-54-16-18-55(19-17-54)34-8-9-36(42(22-34)61-41-21-33(49)20-40-38(41)26-51-52-40)43(56)53-62(58,59)35-23-39(48)44(50-25-35)60-28-29-10-14-46(3,57)15-11-29/h4-9,20-23,25-26,29,57H,10-19,24,27-28H2,1-3H3,(H,51,52)(H,53,56)/t29-,46-. The highest BCUT2D eigenvalue weighted by molar-refractivity contribution is 7.90. The lowest BCUT2D eigenvalue weighted by Crippen LogP contribution is -2.47. The van der Waals surface area contributed by atoms with Crippen LogP contribution in [0.5, 0.6) is 17.4 Å². The van der Waals surface area contributed by atoms with Gasteiger partial charge < -0.3 is 19.5 Å². The van der Waals surface area contributed by atoms with Gasteiger partial charge in [-0.05, 0) is 111 Å². The molecule has 16 heteroatoms. The Morgan fingerprint density at radius 2 is 1.71 bits per heavy atom. The van der Waals surface area contributed by atoms with Crippen LogP contribution in [-0.2, 0) is 10.0 Å². The zero-order valence-electron chi connectivity index (χ0n) is 35.0. The number of aromatic nitrogens is 3. The van der Waals surface area contributed by atoms with Crippen molar-refractivity contribution in [2.45, 2.75) is 76.2 Å². The van der Waals surface area contributed by atoms with Gasteiger partial charge in [0.2, 0.25) is 5.88 Å². The van der Waals surface area contributed by atoms with Gasteiger partial charge in [-0.25, -0.2) is 22.5 Å². The van der Waals surface area contributed by atoms with E-state index in [9.17, 15) is 22.7 Å². The minimum Gasteiger partial charge on any atom is -0.476 e. The van der Waals surface area contributed by atoms with Crippen LogP contribution in [0.3, 0.4) is 0 Å². The van der Waals surface area contributed by atoms with Crippen molar-refractivity contribution < 1.29 is 32.2 Å². The van der Waals surface area contributed by atoms with Crippen LogP contribution in [0.4, 0.5) is 10.1 Å². The van der Waals surface area contributed by atoms with Gasteiger partial charge in [0.05, 0.1) is 41.1 Å². The van der Waals surface area contributed by atoms with Gasteiger partial charge in [-0.2, -0.15) is 5.10 Å². The third kappa shape index (κ3) is 10.2. The molecule has 2 aromatic heterocycles. The van der Waals surface area contributed by atoms with Gasteiger partial charge in [-0.1, -0.05) is 54.8 Å². The van der Waals surface area contributed by atoms with Crippen molar-refractivity contribution in [1.29, 1.82) is 0 Å². The molecule has 1 saturated heterocycles. The number of hydrogen-bond donors (Lipinski definition) is 3. The van der Waals surface area contributed by atoms with Crippen molar-refractivity contribution in [3.63, 3.8) is 0 Å². The summed E-state index contributed by atoms with van der Waals surface area (Å²) in [5, 5.41) is 18.2. The molecule has 2 fully saturated rings. The number of sulfonamides is 1. The summed E-state index contributed by atoms with van der Waals surface area (Å²) < 4.78 is 56.3. The topological polar surface area (TPSA) is 150 Å². The summed E-state index contributed by atoms with van der Waals surface area (Å²) in [5.74, 6) is -1.17. The highest BCUT2D eigenvalue weighted by atomic mass is 35.5.